The van der Waals surface area contributed by atoms with E-state index in [0.29, 0.717) is 5.82 Å². The van der Waals surface area contributed by atoms with Crippen molar-refractivity contribution in [2.45, 2.75) is 49.7 Å². The Morgan fingerprint density at radius 1 is 0.857 bits per heavy atom. The predicted octanol–water partition coefficient (Wildman–Crippen LogP) is 5.41. The Bertz CT molecular complexity index is 1410. The molecule has 0 unspecified atom stereocenters. The van der Waals surface area contributed by atoms with E-state index in [2.05, 4.69) is 51.7 Å². The molecule has 6 rings (SSSR count). The van der Waals surface area contributed by atoms with Crippen molar-refractivity contribution >= 4 is 23.2 Å². The van der Waals surface area contributed by atoms with E-state index < -0.39 is 35.8 Å². The lowest BCUT2D eigenvalue weighted by atomic mass is 9.80. The summed E-state index contributed by atoms with van der Waals surface area (Å²) in [6.07, 6.45) is 0.447. The molecule has 1 N–H and O–H groups in total. The van der Waals surface area contributed by atoms with Crippen LogP contribution in [0, 0.1) is 0 Å². The number of carbonyl (C=O) groups is 1. The van der Waals surface area contributed by atoms with Crippen LogP contribution >= 0.6 is 11.6 Å². The van der Waals surface area contributed by atoms with Crippen molar-refractivity contribution in [3.8, 4) is 0 Å². The molecule has 3 heterocycles. The SMILES string of the molecule is CC1(C)O[C@@H]2[C@H](O1)[C@@H](COC(c1ccccc1)(c1ccccc1)c1ccccc1)O[C@H]2C(=O)CNc1nccnc1Cl. The topological polar surface area (TPSA) is 91.8 Å². The van der Waals surface area contributed by atoms with Gasteiger partial charge in [0.25, 0.3) is 0 Å². The quantitative estimate of drug-likeness (QED) is 0.247. The number of aromatic nitrogens is 2. The number of halogens is 1. The second-order valence-corrected chi connectivity index (χ2v) is 11.1. The number of fused-ring (bicyclic) bond motifs is 1. The fourth-order valence-electron chi connectivity index (χ4n) is 5.76. The van der Waals surface area contributed by atoms with Crippen LogP contribution in [0.5, 0.6) is 0 Å². The van der Waals surface area contributed by atoms with Crippen LogP contribution in [-0.2, 0) is 29.3 Å². The molecule has 9 heteroatoms. The number of rotatable bonds is 10. The number of nitrogens with zero attached hydrogens (tertiary/aromatic N) is 2. The van der Waals surface area contributed by atoms with Crippen molar-refractivity contribution in [2.75, 3.05) is 18.5 Å². The molecule has 2 saturated heterocycles. The van der Waals surface area contributed by atoms with E-state index in [1.54, 1.807) is 0 Å². The fourth-order valence-corrected chi connectivity index (χ4v) is 5.93. The third-order valence-corrected chi connectivity index (χ3v) is 7.83. The molecule has 3 aromatic carbocycles. The maximum atomic E-state index is 13.4. The zero-order valence-electron chi connectivity index (χ0n) is 23.4. The summed E-state index contributed by atoms with van der Waals surface area (Å²) in [6.45, 7) is 3.76. The molecule has 42 heavy (non-hydrogen) atoms. The van der Waals surface area contributed by atoms with Crippen LogP contribution in [0.25, 0.3) is 0 Å². The van der Waals surface area contributed by atoms with E-state index in [0.717, 1.165) is 16.7 Å². The highest BCUT2D eigenvalue weighted by Gasteiger charge is 2.57. The van der Waals surface area contributed by atoms with Crippen molar-refractivity contribution in [1.82, 2.24) is 9.97 Å². The van der Waals surface area contributed by atoms with E-state index in [9.17, 15) is 4.79 Å². The zero-order chi connectivity index (χ0) is 29.2. The summed E-state index contributed by atoms with van der Waals surface area (Å²) in [5.41, 5.74) is 1.97. The number of ketones is 1. The van der Waals surface area contributed by atoms with Gasteiger partial charge < -0.3 is 24.3 Å². The molecule has 4 atom stereocenters. The van der Waals surface area contributed by atoms with Gasteiger partial charge >= 0.3 is 0 Å². The fraction of sp³-hybridized carbons (Fsp3) is 0.303. The van der Waals surface area contributed by atoms with Gasteiger partial charge in [0.05, 0.1) is 13.2 Å². The van der Waals surface area contributed by atoms with Gasteiger partial charge in [-0.1, -0.05) is 103 Å². The smallest absolute Gasteiger partial charge is 0.183 e. The number of hydrogen-bond donors (Lipinski definition) is 1. The molecule has 0 saturated carbocycles. The third kappa shape index (κ3) is 5.56. The minimum absolute atomic E-state index is 0.0638. The molecular formula is C33H32ClN3O5. The lowest BCUT2D eigenvalue weighted by Gasteiger charge is -2.37. The molecule has 0 bridgehead atoms. The normalized spacial score (nSPS) is 22.9. The third-order valence-electron chi connectivity index (χ3n) is 7.56. The maximum Gasteiger partial charge on any atom is 0.183 e. The highest BCUT2D eigenvalue weighted by atomic mass is 35.5. The summed E-state index contributed by atoms with van der Waals surface area (Å²) in [6, 6.07) is 30.3. The summed E-state index contributed by atoms with van der Waals surface area (Å²) >= 11 is 6.11. The van der Waals surface area contributed by atoms with Crippen LogP contribution < -0.4 is 5.32 Å². The average molecular weight is 586 g/mol. The highest BCUT2D eigenvalue weighted by Crippen LogP contribution is 2.43. The molecule has 2 aliphatic rings. The molecule has 2 aliphatic heterocycles. The van der Waals surface area contributed by atoms with Gasteiger partial charge in [-0.25, -0.2) is 9.97 Å². The zero-order valence-corrected chi connectivity index (χ0v) is 24.1. The Balaban J connectivity index is 1.30. The number of carbonyl (C=O) groups excluding carboxylic acids is 1. The second kappa shape index (κ2) is 11.9. The van der Waals surface area contributed by atoms with Gasteiger partial charge in [-0.3, -0.25) is 4.79 Å². The molecule has 0 spiro atoms. The van der Waals surface area contributed by atoms with E-state index in [4.69, 9.17) is 30.5 Å². The minimum Gasteiger partial charge on any atom is -0.360 e. The van der Waals surface area contributed by atoms with Gasteiger partial charge in [0.1, 0.15) is 30.0 Å². The standard InChI is InChI=1S/C33H32ClN3O5/c1-32(2)41-28-26(40-27(29(28)42-32)25(38)20-37-31-30(34)35-18-19-36-31)21-39-33(22-12-6-3-7-13-22,23-14-8-4-9-15-23)24-16-10-5-11-17-24/h3-19,26-29H,20-21H2,1-2H3,(H,36,37)/t26-,27+,28-,29+/m1/s1. The molecule has 8 nitrogen and oxygen atoms in total. The van der Waals surface area contributed by atoms with Gasteiger partial charge in [0, 0.05) is 12.4 Å². The van der Waals surface area contributed by atoms with Crippen molar-refractivity contribution < 1.29 is 23.7 Å². The molecular weight excluding hydrogens is 554 g/mol. The lowest BCUT2D eigenvalue weighted by molar-refractivity contribution is -0.195. The largest absolute Gasteiger partial charge is 0.360 e. The van der Waals surface area contributed by atoms with Crippen molar-refractivity contribution in [2.24, 2.45) is 0 Å². The van der Waals surface area contributed by atoms with E-state index in [1.807, 2.05) is 68.4 Å². The average Bonchev–Trinajstić information content (AvgIpc) is 3.51. The first-order valence-corrected chi connectivity index (χ1v) is 14.3. The van der Waals surface area contributed by atoms with E-state index >= 15 is 0 Å². The number of Topliss-reactive ketones (excluding diaryl/α,β-unsaturated/α-hetero) is 1. The van der Waals surface area contributed by atoms with Crippen molar-refractivity contribution in [3.05, 3.63) is 125 Å². The maximum absolute atomic E-state index is 13.4. The molecule has 2 fully saturated rings. The van der Waals surface area contributed by atoms with Crippen LogP contribution in [0.15, 0.2) is 103 Å². The van der Waals surface area contributed by atoms with Crippen LogP contribution in [-0.4, -0.2) is 59.1 Å². The molecule has 216 valence electrons. The first kappa shape index (κ1) is 28.5. The van der Waals surface area contributed by atoms with Crippen LogP contribution in [0.3, 0.4) is 0 Å². The Morgan fingerprint density at radius 2 is 1.38 bits per heavy atom. The first-order chi connectivity index (χ1) is 20.4. The summed E-state index contributed by atoms with van der Waals surface area (Å²) in [7, 11) is 0. The van der Waals surface area contributed by atoms with Gasteiger partial charge in [0.15, 0.2) is 22.5 Å². The molecule has 0 amide bonds. The molecule has 4 aromatic rings. The monoisotopic (exact) mass is 585 g/mol. The van der Waals surface area contributed by atoms with Crippen LogP contribution in [0.4, 0.5) is 5.82 Å². The van der Waals surface area contributed by atoms with Gasteiger partial charge in [-0.05, 0) is 30.5 Å². The predicted molar refractivity (Wildman–Crippen MR) is 158 cm³/mol. The van der Waals surface area contributed by atoms with Gasteiger partial charge in [0.2, 0.25) is 0 Å². The Kier molecular flexibility index (Phi) is 8.07. The Hall–Kier alpha value is -3.66. The Labute approximate surface area is 250 Å². The van der Waals surface area contributed by atoms with Crippen molar-refractivity contribution in [1.29, 1.82) is 0 Å². The van der Waals surface area contributed by atoms with E-state index in [1.165, 1.54) is 12.4 Å². The number of anilines is 1. The van der Waals surface area contributed by atoms with Gasteiger partial charge in [-0.15, -0.1) is 0 Å². The second-order valence-electron chi connectivity index (χ2n) is 10.8. The van der Waals surface area contributed by atoms with Crippen LogP contribution in [0.1, 0.15) is 30.5 Å². The van der Waals surface area contributed by atoms with Crippen molar-refractivity contribution in [3.63, 3.8) is 0 Å². The number of ether oxygens (including phenoxy) is 4. The molecule has 0 radical (unpaired) electrons. The van der Waals surface area contributed by atoms with E-state index in [-0.39, 0.29) is 24.1 Å². The highest BCUT2D eigenvalue weighted by molar-refractivity contribution is 6.31. The molecule has 0 aliphatic carbocycles. The minimum atomic E-state index is -0.940. The van der Waals surface area contributed by atoms with Gasteiger partial charge in [-0.2, -0.15) is 0 Å². The summed E-state index contributed by atoms with van der Waals surface area (Å²) in [5, 5.41) is 3.15. The van der Waals surface area contributed by atoms with Crippen LogP contribution in [0.2, 0.25) is 5.15 Å². The Morgan fingerprint density at radius 3 is 1.93 bits per heavy atom. The number of hydrogen-bond acceptors (Lipinski definition) is 8. The number of nitrogens with one attached hydrogen (secondary N) is 1. The lowest BCUT2D eigenvalue weighted by Crippen LogP contribution is -2.39. The summed E-state index contributed by atoms with van der Waals surface area (Å²) in [4.78, 5) is 21.6. The summed E-state index contributed by atoms with van der Waals surface area (Å²) < 4.78 is 25.8. The molecule has 1 aromatic heterocycles. The summed E-state index contributed by atoms with van der Waals surface area (Å²) in [5.74, 6) is -0.771. The number of benzene rings is 3. The first-order valence-electron chi connectivity index (χ1n) is 13.9.